The Kier molecular flexibility index (Phi) is 3.11. The summed E-state index contributed by atoms with van der Waals surface area (Å²) in [6.07, 6.45) is -2.20. The topological polar surface area (TPSA) is 75.1 Å². The maximum Gasteiger partial charge on any atom is 0.433 e. The Morgan fingerprint density at radius 1 is 1.47 bits per heavy atom. The molecule has 0 saturated heterocycles. The molecule has 1 aromatic heterocycles. The number of aromatic nitrogens is 2. The van der Waals surface area contributed by atoms with Gasteiger partial charge in [0.25, 0.3) is 0 Å². The third-order valence-corrected chi connectivity index (χ3v) is 3.16. The highest BCUT2D eigenvalue weighted by Gasteiger charge is 2.48. The van der Waals surface area contributed by atoms with E-state index in [1.54, 1.807) is 0 Å². The minimum absolute atomic E-state index is 0.122. The molecular weight excluding hydrogens is 263 g/mol. The van der Waals surface area contributed by atoms with E-state index in [-0.39, 0.29) is 11.9 Å². The zero-order valence-electron chi connectivity index (χ0n) is 10.0. The maximum atomic E-state index is 12.5. The van der Waals surface area contributed by atoms with Crippen molar-refractivity contribution in [2.24, 2.45) is 5.92 Å². The Hall–Kier alpha value is -1.86. The normalized spacial score (nSPS) is 18.7. The van der Waals surface area contributed by atoms with Crippen molar-refractivity contribution in [3.05, 3.63) is 18.0 Å². The number of aliphatic carboxylic acids is 1. The largest absolute Gasteiger partial charge is 0.480 e. The molecule has 2 N–H and O–H groups in total. The lowest BCUT2D eigenvalue weighted by Crippen LogP contribution is -2.46. The van der Waals surface area contributed by atoms with Crippen molar-refractivity contribution in [3.63, 3.8) is 0 Å². The number of anilines is 1. The number of nitrogens with zero attached hydrogens (tertiary/aromatic N) is 2. The van der Waals surface area contributed by atoms with Crippen LogP contribution >= 0.6 is 0 Å². The molecule has 1 heterocycles. The van der Waals surface area contributed by atoms with Crippen molar-refractivity contribution in [3.8, 4) is 0 Å². The predicted molar refractivity (Wildman–Crippen MR) is 59.4 cm³/mol. The Morgan fingerprint density at radius 2 is 2.11 bits per heavy atom. The molecule has 104 valence electrons. The highest BCUT2D eigenvalue weighted by molar-refractivity contribution is 5.82. The molecule has 1 aliphatic rings. The van der Waals surface area contributed by atoms with Gasteiger partial charge < -0.3 is 10.4 Å². The monoisotopic (exact) mass is 275 g/mol. The van der Waals surface area contributed by atoms with Gasteiger partial charge in [-0.1, -0.05) is 0 Å². The summed E-state index contributed by atoms with van der Waals surface area (Å²) in [5.41, 5.74) is -2.45. The second kappa shape index (κ2) is 4.36. The first-order valence-electron chi connectivity index (χ1n) is 5.65. The van der Waals surface area contributed by atoms with Crippen molar-refractivity contribution in [2.45, 2.75) is 31.5 Å². The lowest BCUT2D eigenvalue weighted by atomic mass is 9.96. The highest BCUT2D eigenvalue weighted by Crippen LogP contribution is 2.41. The molecular formula is C11H12F3N3O2. The number of hydrogen-bond donors (Lipinski definition) is 2. The molecule has 1 fully saturated rings. The van der Waals surface area contributed by atoms with Gasteiger partial charge in [-0.2, -0.15) is 13.2 Å². The Balaban J connectivity index is 2.25. The molecule has 0 amide bonds. The SMILES string of the molecule is CC(Nc1nccc(C(F)(F)F)n1)(C(=O)O)C1CC1. The fourth-order valence-corrected chi connectivity index (χ4v) is 1.80. The van der Waals surface area contributed by atoms with Crippen molar-refractivity contribution in [1.29, 1.82) is 0 Å². The second-order valence-corrected chi connectivity index (χ2v) is 4.67. The van der Waals surface area contributed by atoms with Gasteiger partial charge in [-0.15, -0.1) is 0 Å². The predicted octanol–water partition coefficient (Wildman–Crippen LogP) is 2.16. The number of halogens is 3. The van der Waals surface area contributed by atoms with E-state index in [1.807, 2.05) is 0 Å². The van der Waals surface area contributed by atoms with Crippen molar-refractivity contribution in [1.82, 2.24) is 9.97 Å². The first-order valence-corrected chi connectivity index (χ1v) is 5.65. The molecule has 8 heteroatoms. The molecule has 0 radical (unpaired) electrons. The molecule has 2 rings (SSSR count). The number of nitrogens with one attached hydrogen (secondary N) is 1. The number of carbonyl (C=O) groups is 1. The van der Waals surface area contributed by atoms with Gasteiger partial charge in [-0.25, -0.2) is 14.8 Å². The van der Waals surface area contributed by atoms with E-state index in [9.17, 15) is 23.1 Å². The molecule has 1 aromatic rings. The van der Waals surface area contributed by atoms with E-state index < -0.39 is 23.4 Å². The van der Waals surface area contributed by atoms with Crippen molar-refractivity contribution < 1.29 is 23.1 Å². The quantitative estimate of drug-likeness (QED) is 0.880. The van der Waals surface area contributed by atoms with E-state index in [2.05, 4.69) is 15.3 Å². The van der Waals surface area contributed by atoms with E-state index >= 15 is 0 Å². The summed E-state index contributed by atoms with van der Waals surface area (Å²) >= 11 is 0. The average Bonchev–Trinajstić information content (AvgIpc) is 3.11. The van der Waals surface area contributed by atoms with Crippen molar-refractivity contribution in [2.75, 3.05) is 5.32 Å². The molecule has 5 nitrogen and oxygen atoms in total. The molecule has 1 unspecified atom stereocenters. The average molecular weight is 275 g/mol. The minimum atomic E-state index is -4.58. The van der Waals surface area contributed by atoms with Gasteiger partial charge in [0.05, 0.1) is 0 Å². The third-order valence-electron chi connectivity index (χ3n) is 3.16. The number of carboxylic acid groups (broad SMARTS) is 1. The number of rotatable bonds is 4. The number of alkyl halides is 3. The Labute approximate surface area is 106 Å². The second-order valence-electron chi connectivity index (χ2n) is 4.67. The molecule has 1 aliphatic carbocycles. The summed E-state index contributed by atoms with van der Waals surface area (Å²) in [5.74, 6) is -1.58. The van der Waals surface area contributed by atoms with Crippen LogP contribution in [0.15, 0.2) is 12.3 Å². The van der Waals surface area contributed by atoms with Crippen LogP contribution in [0, 0.1) is 5.92 Å². The highest BCUT2D eigenvalue weighted by atomic mass is 19.4. The molecule has 0 aliphatic heterocycles. The van der Waals surface area contributed by atoms with Crippen LogP contribution in [-0.2, 0) is 11.0 Å². The van der Waals surface area contributed by atoms with Crippen LogP contribution in [0.4, 0.5) is 19.1 Å². The van der Waals surface area contributed by atoms with E-state index in [0.29, 0.717) is 0 Å². The lowest BCUT2D eigenvalue weighted by Gasteiger charge is -2.26. The van der Waals surface area contributed by atoms with E-state index in [4.69, 9.17) is 0 Å². The summed E-state index contributed by atoms with van der Waals surface area (Å²) in [6.45, 7) is 1.43. The standard InChI is InChI=1S/C11H12F3N3O2/c1-10(8(18)19,6-2-3-6)17-9-15-5-4-7(16-9)11(12,13)14/h4-6H,2-3H2,1H3,(H,18,19)(H,15,16,17). The number of carboxylic acids is 1. The van der Waals surface area contributed by atoms with Crippen molar-refractivity contribution >= 4 is 11.9 Å². The lowest BCUT2D eigenvalue weighted by molar-refractivity contribution is -0.142. The fraction of sp³-hybridized carbons (Fsp3) is 0.545. The van der Waals surface area contributed by atoms with Crippen LogP contribution in [0.25, 0.3) is 0 Å². The molecule has 0 spiro atoms. The smallest absolute Gasteiger partial charge is 0.433 e. The molecule has 1 atom stereocenters. The summed E-state index contributed by atoms with van der Waals surface area (Å²) in [7, 11) is 0. The third kappa shape index (κ3) is 2.77. The maximum absolute atomic E-state index is 12.5. The van der Waals surface area contributed by atoms with Crippen LogP contribution in [0.1, 0.15) is 25.5 Å². The summed E-state index contributed by atoms with van der Waals surface area (Å²) < 4.78 is 37.5. The Morgan fingerprint density at radius 3 is 2.58 bits per heavy atom. The first-order chi connectivity index (χ1) is 8.73. The molecule has 19 heavy (non-hydrogen) atoms. The fourth-order valence-electron chi connectivity index (χ4n) is 1.80. The van der Waals surface area contributed by atoms with Crippen LogP contribution in [0.5, 0.6) is 0 Å². The van der Waals surface area contributed by atoms with Crippen LogP contribution in [0.2, 0.25) is 0 Å². The van der Waals surface area contributed by atoms with Crippen LogP contribution < -0.4 is 5.32 Å². The molecule has 0 bridgehead atoms. The van der Waals surface area contributed by atoms with Gasteiger partial charge >= 0.3 is 12.1 Å². The van der Waals surface area contributed by atoms with Gasteiger partial charge in [-0.05, 0) is 31.7 Å². The molecule has 0 aromatic carbocycles. The summed E-state index contributed by atoms with van der Waals surface area (Å²) in [6, 6.07) is 0.737. The summed E-state index contributed by atoms with van der Waals surface area (Å²) in [4.78, 5) is 18.2. The van der Waals surface area contributed by atoms with E-state index in [1.165, 1.54) is 6.92 Å². The van der Waals surface area contributed by atoms with Gasteiger partial charge in [0.2, 0.25) is 5.95 Å². The van der Waals surface area contributed by atoms with Gasteiger partial charge in [0.1, 0.15) is 11.2 Å². The Bertz CT molecular complexity index is 502. The van der Waals surface area contributed by atoms with Gasteiger partial charge in [0, 0.05) is 6.20 Å². The zero-order valence-corrected chi connectivity index (χ0v) is 10.0. The van der Waals surface area contributed by atoms with E-state index in [0.717, 1.165) is 25.1 Å². The zero-order chi connectivity index (χ0) is 14.3. The van der Waals surface area contributed by atoms with Gasteiger partial charge in [-0.3, -0.25) is 0 Å². The minimum Gasteiger partial charge on any atom is -0.480 e. The van der Waals surface area contributed by atoms with Crippen LogP contribution in [0.3, 0.4) is 0 Å². The molecule has 1 saturated carbocycles. The number of hydrogen-bond acceptors (Lipinski definition) is 4. The van der Waals surface area contributed by atoms with Gasteiger partial charge in [0.15, 0.2) is 0 Å². The van der Waals surface area contributed by atoms with Crippen LogP contribution in [-0.4, -0.2) is 26.6 Å². The summed E-state index contributed by atoms with van der Waals surface area (Å²) in [5, 5.41) is 11.7. The first kappa shape index (κ1) is 13.6.